The van der Waals surface area contributed by atoms with Gasteiger partial charge in [0.15, 0.2) is 5.75 Å². The van der Waals surface area contributed by atoms with E-state index >= 15 is 0 Å². The Bertz CT molecular complexity index is 1220. The van der Waals surface area contributed by atoms with E-state index in [2.05, 4.69) is 19.1 Å². The van der Waals surface area contributed by atoms with Gasteiger partial charge in [-0.1, -0.05) is 0 Å². The van der Waals surface area contributed by atoms with E-state index in [1.54, 1.807) is 18.2 Å². The number of alkyl halides is 3. The van der Waals surface area contributed by atoms with Crippen LogP contribution in [0.4, 0.5) is 18.9 Å². The Morgan fingerprint density at radius 3 is 2.21 bits per heavy atom. The van der Waals surface area contributed by atoms with E-state index in [0.717, 1.165) is 24.5 Å². The smallest absolute Gasteiger partial charge is 0.397 e. The summed E-state index contributed by atoms with van der Waals surface area (Å²) in [6, 6.07) is 8.82. The average Bonchev–Trinajstić information content (AvgIpc) is 2.68. The van der Waals surface area contributed by atoms with Gasteiger partial charge in [-0.05, 0) is 18.2 Å². The molecule has 9 nitrogen and oxygen atoms in total. The average molecular weight is 422 g/mol. The number of anilines is 1. The minimum atomic E-state index is -5.79. The molecule has 3 aromatic heterocycles. The van der Waals surface area contributed by atoms with E-state index in [1.165, 1.54) is 6.20 Å². The predicted octanol–water partition coefficient (Wildman–Crippen LogP) is 2.27. The van der Waals surface area contributed by atoms with Crippen molar-refractivity contribution in [3.63, 3.8) is 0 Å². The van der Waals surface area contributed by atoms with E-state index in [4.69, 9.17) is 16.3 Å². The number of rotatable bonds is 2. The molecule has 0 amide bonds. The number of hydrogen-bond donors (Lipinski definition) is 1. The van der Waals surface area contributed by atoms with Crippen LogP contribution >= 0.6 is 0 Å². The van der Waals surface area contributed by atoms with Crippen molar-refractivity contribution in [3.05, 3.63) is 54.2 Å². The first-order chi connectivity index (χ1) is 13.6. The summed E-state index contributed by atoms with van der Waals surface area (Å²) < 4.78 is 62.8. The van der Waals surface area contributed by atoms with Crippen LogP contribution in [0, 0.1) is 22.7 Å². The number of hydrogen-bond acceptors (Lipinski definition) is 9. The number of halogens is 3. The molecule has 0 saturated carbocycles. The molecule has 3 rings (SSSR count). The topological polar surface area (TPSA) is 156 Å². The van der Waals surface area contributed by atoms with Gasteiger partial charge in [0.2, 0.25) is 0 Å². The van der Waals surface area contributed by atoms with Crippen molar-refractivity contribution in [1.29, 1.82) is 10.5 Å². The molecule has 3 aromatic rings. The Morgan fingerprint density at radius 1 is 1.00 bits per heavy atom. The van der Waals surface area contributed by atoms with Crippen LogP contribution in [0.2, 0.25) is 0 Å². The Labute approximate surface area is 161 Å². The SMILES string of the molecule is N#Cc1cc2c(OS(=O)(=O)C(F)(F)F)ccnc2cn1.N#Cc1ccc(N)cn1. The van der Waals surface area contributed by atoms with Crippen LogP contribution in [0.5, 0.6) is 5.75 Å². The van der Waals surface area contributed by atoms with Gasteiger partial charge in [-0.2, -0.15) is 32.1 Å². The normalized spacial score (nSPS) is 10.9. The molecule has 148 valence electrons. The van der Waals surface area contributed by atoms with E-state index in [0.29, 0.717) is 11.4 Å². The largest absolute Gasteiger partial charge is 0.534 e. The minimum Gasteiger partial charge on any atom is -0.397 e. The molecule has 0 aliphatic heterocycles. The molecular weight excluding hydrogens is 413 g/mol. The Morgan fingerprint density at radius 2 is 1.66 bits per heavy atom. The van der Waals surface area contributed by atoms with Gasteiger partial charge >= 0.3 is 15.6 Å². The number of aromatic nitrogens is 3. The molecule has 0 aliphatic rings. The molecule has 29 heavy (non-hydrogen) atoms. The number of pyridine rings is 3. The lowest BCUT2D eigenvalue weighted by molar-refractivity contribution is -0.0499. The van der Waals surface area contributed by atoms with Crippen LogP contribution in [0.3, 0.4) is 0 Å². The highest BCUT2D eigenvalue weighted by Crippen LogP contribution is 2.30. The van der Waals surface area contributed by atoms with Gasteiger partial charge in [0.25, 0.3) is 0 Å². The molecule has 0 bridgehead atoms. The molecule has 0 radical (unpaired) electrons. The van der Waals surface area contributed by atoms with Crippen molar-refractivity contribution in [2.75, 3.05) is 5.73 Å². The zero-order valence-electron chi connectivity index (χ0n) is 14.1. The highest BCUT2D eigenvalue weighted by Gasteiger charge is 2.48. The van der Waals surface area contributed by atoms with E-state index < -0.39 is 21.4 Å². The van der Waals surface area contributed by atoms with Crippen molar-refractivity contribution in [1.82, 2.24) is 15.0 Å². The van der Waals surface area contributed by atoms with Crippen LogP contribution in [0.1, 0.15) is 11.4 Å². The molecule has 0 spiro atoms. The summed E-state index contributed by atoms with van der Waals surface area (Å²) in [4.78, 5) is 11.2. The van der Waals surface area contributed by atoms with Crippen LogP contribution in [-0.2, 0) is 10.1 Å². The third-order valence-electron chi connectivity index (χ3n) is 3.09. The van der Waals surface area contributed by atoms with Crippen molar-refractivity contribution in [2.45, 2.75) is 5.51 Å². The molecule has 0 fully saturated rings. The van der Waals surface area contributed by atoms with Gasteiger partial charge in [0, 0.05) is 17.6 Å². The van der Waals surface area contributed by atoms with Gasteiger partial charge in [-0.25, -0.2) is 9.97 Å². The highest BCUT2D eigenvalue weighted by molar-refractivity contribution is 7.88. The van der Waals surface area contributed by atoms with Gasteiger partial charge in [-0.3, -0.25) is 4.98 Å². The molecule has 0 atom stereocenters. The van der Waals surface area contributed by atoms with Crippen LogP contribution in [-0.4, -0.2) is 28.9 Å². The first-order valence-corrected chi connectivity index (χ1v) is 8.75. The fourth-order valence-corrected chi connectivity index (χ4v) is 2.27. The Balaban J connectivity index is 0.000000278. The summed E-state index contributed by atoms with van der Waals surface area (Å²) in [5.41, 5.74) is 0.717. The summed E-state index contributed by atoms with van der Waals surface area (Å²) in [5.74, 6) is -0.578. The standard InChI is InChI=1S/C10H4F3N3O3S.C6H5N3/c11-10(12,13)20(17,18)19-9-1-2-15-8-5-16-6(4-14)3-7(8)9;7-3-6-2-1-5(8)4-9-6/h1-3,5H;1-2,4H,8H2. The van der Waals surface area contributed by atoms with Crippen molar-refractivity contribution >= 4 is 26.7 Å². The lowest BCUT2D eigenvalue weighted by Gasteiger charge is -2.10. The summed E-state index contributed by atoms with van der Waals surface area (Å²) in [5, 5.41) is 16.9. The molecule has 13 heteroatoms. The molecule has 0 aliphatic carbocycles. The first-order valence-electron chi connectivity index (χ1n) is 7.34. The van der Waals surface area contributed by atoms with Crippen molar-refractivity contribution in [3.8, 4) is 17.9 Å². The number of nitrogens with two attached hydrogens (primary N) is 1. The number of nitrogens with zero attached hydrogens (tertiary/aromatic N) is 5. The quantitative estimate of drug-likeness (QED) is 0.483. The lowest BCUT2D eigenvalue weighted by atomic mass is 10.2. The first kappa shape index (κ1) is 21.3. The fraction of sp³-hybridized carbons (Fsp3) is 0.0625. The maximum atomic E-state index is 12.3. The summed E-state index contributed by atoms with van der Waals surface area (Å²) in [6.45, 7) is 0. The second-order valence-electron chi connectivity index (χ2n) is 5.08. The zero-order chi connectivity index (χ0) is 21.7. The fourth-order valence-electron chi connectivity index (χ4n) is 1.79. The number of fused-ring (bicyclic) bond motifs is 1. The molecule has 0 unspecified atom stereocenters. The molecule has 3 heterocycles. The summed E-state index contributed by atoms with van der Waals surface area (Å²) in [7, 11) is -5.79. The highest BCUT2D eigenvalue weighted by atomic mass is 32.2. The van der Waals surface area contributed by atoms with Crippen LogP contribution in [0.15, 0.2) is 42.9 Å². The van der Waals surface area contributed by atoms with Crippen molar-refractivity contribution < 1.29 is 25.8 Å². The summed E-state index contributed by atoms with van der Waals surface area (Å²) >= 11 is 0. The lowest BCUT2D eigenvalue weighted by Crippen LogP contribution is -2.28. The maximum absolute atomic E-state index is 12.3. The number of nitrogen functional groups attached to an aromatic ring is 1. The molecular formula is C16H9F3N6O3S. The van der Waals surface area contributed by atoms with E-state index in [9.17, 15) is 21.6 Å². The van der Waals surface area contributed by atoms with Crippen molar-refractivity contribution in [2.24, 2.45) is 0 Å². The number of nitriles is 2. The third-order valence-corrected chi connectivity index (χ3v) is 4.05. The Kier molecular flexibility index (Phi) is 6.15. The second kappa shape index (κ2) is 8.37. The summed E-state index contributed by atoms with van der Waals surface area (Å²) in [6.07, 6.45) is 3.65. The van der Waals surface area contributed by atoms with E-state index in [1.807, 2.05) is 6.07 Å². The predicted molar refractivity (Wildman–Crippen MR) is 93.2 cm³/mol. The monoisotopic (exact) mass is 422 g/mol. The van der Waals surface area contributed by atoms with Crippen LogP contribution < -0.4 is 9.92 Å². The second-order valence-corrected chi connectivity index (χ2v) is 6.62. The molecule has 0 saturated heterocycles. The van der Waals surface area contributed by atoms with Gasteiger partial charge in [0.05, 0.1) is 23.6 Å². The zero-order valence-corrected chi connectivity index (χ0v) is 14.9. The van der Waals surface area contributed by atoms with Crippen LogP contribution in [0.25, 0.3) is 10.9 Å². The third kappa shape index (κ3) is 5.27. The van der Waals surface area contributed by atoms with Gasteiger partial charge < -0.3 is 9.92 Å². The van der Waals surface area contributed by atoms with E-state index in [-0.39, 0.29) is 16.6 Å². The minimum absolute atomic E-state index is 0.0631. The molecule has 2 N–H and O–H groups in total. The molecule has 0 aromatic carbocycles. The maximum Gasteiger partial charge on any atom is 0.534 e. The van der Waals surface area contributed by atoms with Gasteiger partial charge in [-0.15, -0.1) is 0 Å². The Hall–Kier alpha value is -3.97. The van der Waals surface area contributed by atoms with Gasteiger partial charge in [0.1, 0.15) is 23.5 Å².